The predicted molar refractivity (Wildman–Crippen MR) is 114 cm³/mol. The Bertz CT molecular complexity index is 854. The normalized spacial score (nSPS) is 15.3. The van der Waals surface area contributed by atoms with Gasteiger partial charge in [-0.1, -0.05) is 90.9 Å². The zero-order valence-electron chi connectivity index (χ0n) is 15.2. The molecule has 0 fully saturated rings. The highest BCUT2D eigenvalue weighted by Gasteiger charge is 2.19. The Kier molecular flexibility index (Phi) is 5.12. The van der Waals surface area contributed by atoms with Gasteiger partial charge in [0.15, 0.2) is 0 Å². The molecule has 0 unspecified atom stereocenters. The van der Waals surface area contributed by atoms with Crippen molar-refractivity contribution in [1.29, 1.82) is 0 Å². The quantitative estimate of drug-likeness (QED) is 0.419. The molecule has 0 atom stereocenters. The van der Waals surface area contributed by atoms with Crippen LogP contribution in [0.15, 0.2) is 34.3 Å². The van der Waals surface area contributed by atoms with E-state index in [9.17, 15) is 0 Å². The number of unbranched alkanes of at least 4 members (excludes halogenated alkanes) is 5. The second-order valence-corrected chi connectivity index (χ2v) is 8.66. The Balaban J connectivity index is 1.55. The monoisotopic (exact) mass is 394 g/mol. The van der Waals surface area contributed by atoms with Crippen LogP contribution in [0.3, 0.4) is 0 Å². The van der Waals surface area contributed by atoms with E-state index in [-0.39, 0.29) is 0 Å². The molecular weight excluding hydrogens is 368 g/mol. The molecule has 0 saturated heterocycles. The molecule has 1 heteroatoms. The smallest absolute Gasteiger partial charge is 0.00472 e. The van der Waals surface area contributed by atoms with Crippen LogP contribution in [0.4, 0.5) is 0 Å². The number of halogens is 1. The fraction of sp³-hybridized carbons (Fsp3) is 0.417. The maximum absolute atomic E-state index is 3.70. The van der Waals surface area contributed by atoms with Crippen molar-refractivity contribution in [2.75, 3.05) is 0 Å². The standard InChI is InChI=1S/C24H27Br/c1-2-3-4-5-6-7-8-17-13-18-9-11-20-15-22(25)16-21-12-10-19(14-17)23(18)24(20)21/h9-13,16H,2-8,14-15H2,1H3. The summed E-state index contributed by atoms with van der Waals surface area (Å²) >= 11 is 3.70. The second-order valence-electron chi connectivity index (χ2n) is 7.64. The van der Waals surface area contributed by atoms with Gasteiger partial charge < -0.3 is 0 Å². The Hall–Kier alpha value is -1.34. The Morgan fingerprint density at radius 2 is 1.40 bits per heavy atom. The molecule has 0 bridgehead atoms. The number of hydrogen-bond acceptors (Lipinski definition) is 0. The van der Waals surface area contributed by atoms with Gasteiger partial charge in [0.05, 0.1) is 0 Å². The molecule has 0 aliphatic heterocycles. The molecule has 25 heavy (non-hydrogen) atoms. The van der Waals surface area contributed by atoms with E-state index in [0.29, 0.717) is 0 Å². The first-order chi connectivity index (χ1) is 12.3. The fourth-order valence-corrected chi connectivity index (χ4v) is 4.99. The fourth-order valence-electron chi connectivity index (χ4n) is 4.44. The zero-order chi connectivity index (χ0) is 17.2. The average molecular weight is 395 g/mol. The minimum atomic E-state index is 1.03. The topological polar surface area (TPSA) is 0 Å². The lowest BCUT2D eigenvalue weighted by Gasteiger charge is -2.23. The van der Waals surface area contributed by atoms with Crippen molar-refractivity contribution in [2.24, 2.45) is 0 Å². The molecule has 2 aliphatic carbocycles. The molecule has 2 aromatic carbocycles. The van der Waals surface area contributed by atoms with Gasteiger partial charge in [-0.3, -0.25) is 0 Å². The van der Waals surface area contributed by atoms with Crippen molar-refractivity contribution in [3.05, 3.63) is 56.6 Å². The molecule has 0 saturated carbocycles. The predicted octanol–water partition coefficient (Wildman–Crippen LogP) is 7.82. The SMILES string of the molecule is CCCCCCCCC1=Cc2ccc3c4c(ccc(c24)C1)C=C(Br)C3. The lowest BCUT2D eigenvalue weighted by atomic mass is 9.82. The van der Waals surface area contributed by atoms with Gasteiger partial charge in [0.2, 0.25) is 0 Å². The molecule has 0 radical (unpaired) electrons. The van der Waals surface area contributed by atoms with Crippen LogP contribution in [0.25, 0.3) is 22.9 Å². The number of allylic oxidation sites excluding steroid dienone is 2. The van der Waals surface area contributed by atoms with E-state index < -0.39 is 0 Å². The molecule has 0 nitrogen and oxygen atoms in total. The first-order valence-electron chi connectivity index (χ1n) is 9.89. The van der Waals surface area contributed by atoms with Gasteiger partial charge in [0.25, 0.3) is 0 Å². The number of hydrogen-bond donors (Lipinski definition) is 0. The van der Waals surface area contributed by atoms with Gasteiger partial charge >= 0.3 is 0 Å². The highest BCUT2D eigenvalue weighted by Crippen LogP contribution is 2.40. The summed E-state index contributed by atoms with van der Waals surface area (Å²) < 4.78 is 1.29. The van der Waals surface area contributed by atoms with Crippen LogP contribution in [-0.2, 0) is 12.8 Å². The van der Waals surface area contributed by atoms with Crippen LogP contribution < -0.4 is 0 Å². The van der Waals surface area contributed by atoms with Gasteiger partial charge in [0, 0.05) is 10.9 Å². The van der Waals surface area contributed by atoms with Crippen LogP contribution in [0.1, 0.15) is 74.1 Å². The Morgan fingerprint density at radius 3 is 2.16 bits per heavy atom. The van der Waals surface area contributed by atoms with E-state index in [0.717, 1.165) is 12.8 Å². The maximum Gasteiger partial charge on any atom is 0.00472 e. The third-order valence-electron chi connectivity index (χ3n) is 5.70. The number of benzene rings is 2. The summed E-state index contributed by atoms with van der Waals surface area (Å²) in [5, 5.41) is 3.01. The van der Waals surface area contributed by atoms with E-state index in [1.54, 1.807) is 5.57 Å². The van der Waals surface area contributed by atoms with Crippen LogP contribution in [-0.4, -0.2) is 0 Å². The summed E-state index contributed by atoms with van der Waals surface area (Å²) in [5.74, 6) is 0. The lowest BCUT2D eigenvalue weighted by molar-refractivity contribution is 0.605. The van der Waals surface area contributed by atoms with Crippen molar-refractivity contribution in [1.82, 2.24) is 0 Å². The molecular formula is C24H27Br. The second kappa shape index (κ2) is 7.50. The van der Waals surface area contributed by atoms with Crippen molar-refractivity contribution < 1.29 is 0 Å². The summed E-state index contributed by atoms with van der Waals surface area (Å²) in [5.41, 5.74) is 7.44. The minimum absolute atomic E-state index is 1.03. The molecule has 0 aromatic heterocycles. The summed E-state index contributed by atoms with van der Waals surface area (Å²) in [6, 6.07) is 9.36. The number of rotatable bonds is 7. The summed E-state index contributed by atoms with van der Waals surface area (Å²) in [6.07, 6.45) is 16.5. The van der Waals surface area contributed by atoms with Crippen molar-refractivity contribution in [3.8, 4) is 0 Å². The van der Waals surface area contributed by atoms with Crippen LogP contribution >= 0.6 is 15.9 Å². The Morgan fingerprint density at radius 1 is 0.760 bits per heavy atom. The summed E-state index contributed by atoms with van der Waals surface area (Å²) in [4.78, 5) is 0. The first kappa shape index (κ1) is 17.1. The highest BCUT2D eigenvalue weighted by atomic mass is 79.9. The van der Waals surface area contributed by atoms with E-state index in [1.165, 1.54) is 82.5 Å². The zero-order valence-corrected chi connectivity index (χ0v) is 16.8. The molecule has 0 spiro atoms. The average Bonchev–Trinajstić information content (AvgIpc) is 2.62. The van der Waals surface area contributed by atoms with Gasteiger partial charge in [-0.15, -0.1) is 0 Å². The molecule has 130 valence electrons. The van der Waals surface area contributed by atoms with E-state index in [1.807, 2.05) is 0 Å². The van der Waals surface area contributed by atoms with Gasteiger partial charge in [-0.2, -0.15) is 0 Å². The van der Waals surface area contributed by atoms with Gasteiger partial charge in [0.1, 0.15) is 0 Å². The van der Waals surface area contributed by atoms with Crippen LogP contribution in [0, 0.1) is 0 Å². The minimum Gasteiger partial charge on any atom is -0.0654 e. The van der Waals surface area contributed by atoms with Gasteiger partial charge in [-0.25, -0.2) is 0 Å². The molecule has 0 heterocycles. The van der Waals surface area contributed by atoms with Crippen molar-refractivity contribution in [2.45, 2.75) is 64.7 Å². The third-order valence-corrected chi connectivity index (χ3v) is 6.21. The molecule has 2 aliphatic rings. The summed E-state index contributed by atoms with van der Waals surface area (Å²) in [6.45, 7) is 2.29. The molecule has 4 rings (SSSR count). The summed E-state index contributed by atoms with van der Waals surface area (Å²) in [7, 11) is 0. The van der Waals surface area contributed by atoms with E-state index in [2.05, 4.69) is 59.3 Å². The van der Waals surface area contributed by atoms with Crippen molar-refractivity contribution >= 4 is 38.9 Å². The van der Waals surface area contributed by atoms with Crippen LogP contribution in [0.5, 0.6) is 0 Å². The van der Waals surface area contributed by atoms with Crippen LogP contribution in [0.2, 0.25) is 0 Å². The molecule has 2 aromatic rings. The van der Waals surface area contributed by atoms with E-state index in [4.69, 9.17) is 0 Å². The van der Waals surface area contributed by atoms with Gasteiger partial charge in [-0.05, 0) is 58.4 Å². The molecule has 0 N–H and O–H groups in total. The molecule has 0 amide bonds. The van der Waals surface area contributed by atoms with Crippen molar-refractivity contribution in [3.63, 3.8) is 0 Å². The maximum atomic E-state index is 3.70. The Labute approximate surface area is 160 Å². The lowest BCUT2D eigenvalue weighted by Crippen LogP contribution is -2.04. The first-order valence-corrected chi connectivity index (χ1v) is 10.7. The third kappa shape index (κ3) is 3.49. The highest BCUT2D eigenvalue weighted by molar-refractivity contribution is 9.11. The largest absolute Gasteiger partial charge is 0.0654 e. The van der Waals surface area contributed by atoms with E-state index >= 15 is 0 Å².